The fraction of sp³-hybridized carbons (Fsp3) is 0.0690. The maximum atomic E-state index is 14.2. The monoisotopic (exact) mass is 522 g/mol. The van der Waals surface area contributed by atoms with Crippen LogP contribution in [0.25, 0.3) is 22.2 Å². The normalized spacial score (nSPS) is 12.6. The fourth-order valence-corrected chi connectivity index (χ4v) is 6.11. The zero-order valence-electron chi connectivity index (χ0n) is 20.3. The van der Waals surface area contributed by atoms with Gasteiger partial charge in [0.2, 0.25) is 9.84 Å². The summed E-state index contributed by atoms with van der Waals surface area (Å²) in [4.78, 5) is 22.8. The third-order valence-corrected chi connectivity index (χ3v) is 8.24. The van der Waals surface area contributed by atoms with Crippen LogP contribution in [0, 0.1) is 0 Å². The summed E-state index contributed by atoms with van der Waals surface area (Å²) in [5.74, 6) is -0.478. The largest absolute Gasteiger partial charge is 0.459 e. The van der Waals surface area contributed by atoms with Crippen molar-refractivity contribution in [3.05, 3.63) is 115 Å². The number of hydrogen-bond acceptors (Lipinski definition) is 6. The van der Waals surface area contributed by atoms with Gasteiger partial charge in [0, 0.05) is 0 Å². The number of aromatic nitrogens is 3. The van der Waals surface area contributed by atoms with Crippen LogP contribution in [0.3, 0.4) is 0 Å². The molecule has 0 saturated heterocycles. The van der Waals surface area contributed by atoms with Crippen LogP contribution in [-0.2, 0) is 9.84 Å². The van der Waals surface area contributed by atoms with Gasteiger partial charge in [-0.3, -0.25) is 4.79 Å². The van der Waals surface area contributed by atoms with Gasteiger partial charge in [-0.15, -0.1) is 0 Å². The van der Waals surface area contributed by atoms with E-state index in [0.29, 0.717) is 16.7 Å². The molecule has 6 aromatic rings. The highest BCUT2D eigenvalue weighted by molar-refractivity contribution is 7.92. The lowest BCUT2D eigenvalue weighted by Gasteiger charge is -2.19. The van der Waals surface area contributed by atoms with Crippen LogP contribution in [0.4, 0.5) is 5.82 Å². The van der Waals surface area contributed by atoms with Gasteiger partial charge < -0.3 is 14.3 Å². The minimum atomic E-state index is -4.14. The Hall–Kier alpha value is -4.76. The molecule has 0 bridgehead atoms. The number of carbonyl (C=O) groups is 1. The van der Waals surface area contributed by atoms with Gasteiger partial charge in [-0.05, 0) is 48.9 Å². The average Bonchev–Trinajstić information content (AvgIpc) is 3.59. The van der Waals surface area contributed by atoms with E-state index in [1.54, 1.807) is 34.9 Å². The van der Waals surface area contributed by atoms with Crippen LogP contribution in [0.15, 0.2) is 118 Å². The average molecular weight is 523 g/mol. The molecule has 0 saturated carbocycles. The molecule has 6 rings (SSSR count). The van der Waals surface area contributed by atoms with Crippen molar-refractivity contribution in [1.29, 1.82) is 0 Å². The number of sulfone groups is 1. The topological polar surface area (TPSA) is 107 Å². The molecule has 0 fully saturated rings. The third kappa shape index (κ3) is 3.93. The number of para-hydroxylation sites is 2. The molecule has 1 atom stereocenters. The number of rotatable bonds is 6. The number of amides is 1. The molecule has 38 heavy (non-hydrogen) atoms. The highest BCUT2D eigenvalue weighted by atomic mass is 32.2. The van der Waals surface area contributed by atoms with Crippen molar-refractivity contribution in [1.82, 2.24) is 14.5 Å². The summed E-state index contributed by atoms with van der Waals surface area (Å²) in [6, 6.07) is 27.6. The molecule has 0 radical (unpaired) electrons. The Labute approximate surface area is 218 Å². The summed E-state index contributed by atoms with van der Waals surface area (Å²) in [5, 5.41) is 2.82. The zero-order valence-corrected chi connectivity index (χ0v) is 21.1. The maximum Gasteiger partial charge on any atom is 0.292 e. The summed E-state index contributed by atoms with van der Waals surface area (Å²) in [5.41, 5.74) is 2.55. The molecule has 0 spiro atoms. The highest BCUT2D eigenvalue weighted by Crippen LogP contribution is 2.40. The Morgan fingerprint density at radius 2 is 1.47 bits per heavy atom. The van der Waals surface area contributed by atoms with Gasteiger partial charge in [0.25, 0.3) is 5.91 Å². The summed E-state index contributed by atoms with van der Waals surface area (Å²) < 4.78 is 35.4. The first-order chi connectivity index (χ1) is 18.4. The van der Waals surface area contributed by atoms with Crippen molar-refractivity contribution in [3.63, 3.8) is 0 Å². The Morgan fingerprint density at radius 1 is 0.842 bits per heavy atom. The van der Waals surface area contributed by atoms with Crippen molar-refractivity contribution >= 4 is 43.8 Å². The lowest BCUT2D eigenvalue weighted by atomic mass is 10.1. The lowest BCUT2D eigenvalue weighted by Crippen LogP contribution is -2.19. The van der Waals surface area contributed by atoms with Gasteiger partial charge in [-0.1, -0.05) is 60.7 Å². The van der Waals surface area contributed by atoms with E-state index in [-0.39, 0.29) is 26.9 Å². The van der Waals surface area contributed by atoms with Crippen molar-refractivity contribution in [2.75, 3.05) is 5.32 Å². The minimum absolute atomic E-state index is 0.0447. The predicted molar refractivity (Wildman–Crippen MR) is 144 cm³/mol. The van der Waals surface area contributed by atoms with Gasteiger partial charge in [0.1, 0.15) is 16.2 Å². The van der Waals surface area contributed by atoms with E-state index in [0.717, 1.165) is 5.56 Å². The van der Waals surface area contributed by atoms with Crippen LogP contribution in [0.2, 0.25) is 0 Å². The molecule has 3 aromatic heterocycles. The standard InChI is InChI=1S/C29H22N4O4S/c1-19(20-11-4-2-5-12-20)33-27-25(30-22-15-8-9-16-23(22)31-27)26(38(35,36)21-13-6-3-7-14-21)28(33)32-29(34)24-17-10-18-37-24/h2-19H,1H3,(H,32,34)/t19-/m1/s1. The molecule has 9 heteroatoms. The smallest absolute Gasteiger partial charge is 0.292 e. The minimum Gasteiger partial charge on any atom is -0.459 e. The van der Waals surface area contributed by atoms with Crippen LogP contribution in [0.1, 0.15) is 29.1 Å². The van der Waals surface area contributed by atoms with Crippen LogP contribution < -0.4 is 5.32 Å². The second-order valence-corrected chi connectivity index (χ2v) is 10.7. The Kier molecular flexibility index (Phi) is 5.77. The van der Waals surface area contributed by atoms with Crippen molar-refractivity contribution < 1.29 is 17.6 Å². The van der Waals surface area contributed by atoms with E-state index >= 15 is 0 Å². The number of benzene rings is 3. The molecule has 3 aromatic carbocycles. The Balaban J connectivity index is 1.72. The summed E-state index contributed by atoms with van der Waals surface area (Å²) in [6.45, 7) is 1.92. The van der Waals surface area contributed by atoms with Crippen molar-refractivity contribution in [2.45, 2.75) is 22.8 Å². The third-order valence-electron chi connectivity index (χ3n) is 6.42. The van der Waals surface area contributed by atoms with E-state index < -0.39 is 21.8 Å². The molecule has 3 heterocycles. The molecule has 0 aliphatic rings. The molecule has 1 N–H and O–H groups in total. The summed E-state index contributed by atoms with van der Waals surface area (Å²) in [6.07, 6.45) is 1.38. The second-order valence-electron chi connectivity index (χ2n) is 8.77. The molecular weight excluding hydrogens is 500 g/mol. The van der Waals surface area contributed by atoms with Crippen LogP contribution in [0.5, 0.6) is 0 Å². The first kappa shape index (κ1) is 23.6. The van der Waals surface area contributed by atoms with Crippen LogP contribution in [-0.4, -0.2) is 28.9 Å². The molecule has 0 aliphatic carbocycles. The molecule has 0 aliphatic heterocycles. The first-order valence-electron chi connectivity index (χ1n) is 12.0. The van der Waals surface area contributed by atoms with E-state index in [2.05, 4.69) is 5.32 Å². The van der Waals surface area contributed by atoms with Gasteiger partial charge >= 0.3 is 0 Å². The Morgan fingerprint density at radius 3 is 2.13 bits per heavy atom. The number of hydrogen-bond donors (Lipinski definition) is 1. The van der Waals surface area contributed by atoms with Crippen LogP contribution >= 0.6 is 0 Å². The predicted octanol–water partition coefficient (Wildman–Crippen LogP) is 5.87. The first-order valence-corrected chi connectivity index (χ1v) is 13.4. The number of nitrogens with one attached hydrogen (secondary N) is 1. The lowest BCUT2D eigenvalue weighted by molar-refractivity contribution is 0.0995. The SMILES string of the molecule is C[C@H](c1ccccc1)n1c(NC(=O)c2ccco2)c(S(=O)(=O)c2ccccc2)c2nc3ccccc3nc21. The van der Waals surface area contributed by atoms with Crippen molar-refractivity contribution in [3.8, 4) is 0 Å². The fourth-order valence-electron chi connectivity index (χ4n) is 4.56. The van der Waals surface area contributed by atoms with Crippen molar-refractivity contribution in [2.24, 2.45) is 0 Å². The number of nitrogens with zero attached hydrogens (tertiary/aromatic N) is 3. The summed E-state index contributed by atoms with van der Waals surface area (Å²) >= 11 is 0. The molecule has 0 unspecified atom stereocenters. The molecule has 8 nitrogen and oxygen atoms in total. The second kappa shape index (κ2) is 9.28. The van der Waals surface area contributed by atoms with E-state index in [9.17, 15) is 13.2 Å². The van der Waals surface area contributed by atoms with E-state index in [4.69, 9.17) is 14.4 Å². The number of furan rings is 1. The summed E-state index contributed by atoms with van der Waals surface area (Å²) in [7, 11) is -4.14. The number of carbonyl (C=O) groups excluding carboxylic acids is 1. The molecular formula is C29H22N4O4S. The van der Waals surface area contributed by atoms with Gasteiger partial charge in [-0.25, -0.2) is 18.4 Å². The number of fused-ring (bicyclic) bond motifs is 2. The Bertz CT molecular complexity index is 1880. The van der Waals surface area contributed by atoms with E-state index in [1.807, 2.05) is 55.5 Å². The highest BCUT2D eigenvalue weighted by Gasteiger charge is 2.34. The van der Waals surface area contributed by atoms with E-state index in [1.165, 1.54) is 24.5 Å². The quantitative estimate of drug-likeness (QED) is 0.293. The zero-order chi connectivity index (χ0) is 26.3. The molecule has 188 valence electrons. The molecule has 1 amide bonds. The van der Waals surface area contributed by atoms with Gasteiger partial charge in [0.05, 0.1) is 28.2 Å². The van der Waals surface area contributed by atoms with Gasteiger partial charge in [0.15, 0.2) is 11.4 Å². The van der Waals surface area contributed by atoms with Gasteiger partial charge in [-0.2, -0.15) is 0 Å². The number of anilines is 1. The maximum absolute atomic E-state index is 14.2.